The first-order chi connectivity index (χ1) is 19.1. The van der Waals surface area contributed by atoms with Crippen LogP contribution in [0, 0.1) is 0 Å². The van der Waals surface area contributed by atoms with Crippen LogP contribution < -0.4 is 5.32 Å². The number of piperazine rings is 1. The number of rotatable bonds is 9. The lowest BCUT2D eigenvalue weighted by Gasteiger charge is -2.44. The van der Waals surface area contributed by atoms with E-state index in [1.807, 2.05) is 4.90 Å². The van der Waals surface area contributed by atoms with Gasteiger partial charge in [-0.05, 0) is 38.8 Å². The van der Waals surface area contributed by atoms with Gasteiger partial charge in [0.05, 0.1) is 23.4 Å². The molecule has 1 aliphatic carbocycles. The number of aromatic nitrogens is 1. The molecule has 1 N–H and O–H groups in total. The normalized spacial score (nSPS) is 24.2. The number of amides is 2. The molecule has 2 saturated heterocycles. The van der Waals surface area contributed by atoms with Crippen LogP contribution in [0.4, 0.5) is 5.13 Å². The minimum Gasteiger partial charge on any atom is -0.389 e. The highest BCUT2D eigenvalue weighted by Crippen LogP contribution is 2.33. The van der Waals surface area contributed by atoms with Crippen LogP contribution in [0.25, 0.3) is 0 Å². The molecule has 3 heterocycles. The van der Waals surface area contributed by atoms with Crippen LogP contribution in [0.2, 0.25) is 0 Å². The van der Waals surface area contributed by atoms with Crippen molar-refractivity contribution in [1.29, 1.82) is 0 Å². The number of hydrogen-bond acceptors (Lipinski definition) is 10. The first kappa shape index (κ1) is 28.7. The summed E-state index contributed by atoms with van der Waals surface area (Å²) in [5.74, 6) is -0.418. The first-order valence-corrected chi connectivity index (χ1v) is 15.9. The zero-order chi connectivity index (χ0) is 28.4. The van der Waals surface area contributed by atoms with E-state index >= 15 is 0 Å². The number of nitrogens with one attached hydrogen (secondary N) is 1. The van der Waals surface area contributed by atoms with Gasteiger partial charge in [-0.3, -0.25) is 19.8 Å². The van der Waals surface area contributed by atoms with E-state index in [2.05, 4.69) is 34.2 Å². The van der Waals surface area contributed by atoms with Crippen molar-refractivity contribution in [1.82, 2.24) is 14.8 Å². The maximum absolute atomic E-state index is 13.4. The Morgan fingerprint density at radius 1 is 1.15 bits per heavy atom. The Morgan fingerprint density at radius 2 is 1.85 bits per heavy atom. The van der Waals surface area contributed by atoms with E-state index in [1.54, 1.807) is 25.3 Å². The van der Waals surface area contributed by atoms with Gasteiger partial charge in [0.2, 0.25) is 5.91 Å². The predicted octanol–water partition coefficient (Wildman–Crippen LogP) is 2.67. The summed E-state index contributed by atoms with van der Waals surface area (Å²) < 4.78 is 30.5. The average molecular weight is 590 g/mol. The lowest BCUT2D eigenvalue weighted by molar-refractivity contribution is -0.136. The topological polar surface area (TPSA) is 130 Å². The molecule has 2 aromatic rings. The Morgan fingerprint density at radius 3 is 2.45 bits per heavy atom. The maximum atomic E-state index is 13.4. The van der Waals surface area contributed by atoms with Crippen LogP contribution in [0.1, 0.15) is 50.5 Å². The van der Waals surface area contributed by atoms with E-state index in [-0.39, 0.29) is 40.0 Å². The molecule has 1 saturated carbocycles. The number of anilines is 1. The molecule has 5 rings (SSSR count). The fourth-order valence-corrected chi connectivity index (χ4v) is 7.83. The van der Waals surface area contributed by atoms with Crippen molar-refractivity contribution in [3.05, 3.63) is 40.9 Å². The molecule has 0 radical (unpaired) electrons. The van der Waals surface area contributed by atoms with Gasteiger partial charge in [0.25, 0.3) is 5.91 Å². The molecule has 0 spiro atoms. The zero-order valence-corrected chi connectivity index (χ0v) is 24.5. The average Bonchev–Trinajstić information content (AvgIpc) is 3.48. The van der Waals surface area contributed by atoms with Gasteiger partial charge in [0.1, 0.15) is 0 Å². The van der Waals surface area contributed by atoms with E-state index in [0.717, 1.165) is 18.0 Å². The Bertz CT molecular complexity index is 1350. The summed E-state index contributed by atoms with van der Waals surface area (Å²) >= 11 is 1.38. The molecule has 3 aliphatic rings. The van der Waals surface area contributed by atoms with Crippen LogP contribution in [0.15, 0.2) is 40.5 Å². The van der Waals surface area contributed by atoms with E-state index in [9.17, 15) is 18.0 Å². The smallest absolute Gasteiger partial charge is 0.280 e. The second kappa shape index (κ2) is 11.9. The molecule has 216 valence electrons. The largest absolute Gasteiger partial charge is 0.389 e. The number of carbonyl (C=O) groups is 2. The Balaban J connectivity index is 1.27. The molecular formula is C27H35N5O6S2. The number of oxime groups is 1. The minimum absolute atomic E-state index is 0.0297. The number of benzene rings is 1. The van der Waals surface area contributed by atoms with Crippen molar-refractivity contribution in [2.75, 3.05) is 31.6 Å². The lowest BCUT2D eigenvalue weighted by atomic mass is 10.1. The SMILES string of the molecule is CC(=O)N1[C@H](C)CN(Cc2cnc(NC(=O)/C(=N/O[C@@H]3CCOC3)c3ccc(S(=O)(=O)C4CC4)cc3)s2)C[C@@H]1C. The predicted molar refractivity (Wildman–Crippen MR) is 151 cm³/mol. The van der Waals surface area contributed by atoms with Crippen molar-refractivity contribution >= 4 is 43.8 Å². The van der Waals surface area contributed by atoms with Crippen molar-refractivity contribution in [2.45, 2.75) is 74.9 Å². The second-order valence-electron chi connectivity index (χ2n) is 10.7. The Hall–Kier alpha value is -2.87. The lowest BCUT2D eigenvalue weighted by Crippen LogP contribution is -2.57. The first-order valence-electron chi connectivity index (χ1n) is 13.5. The molecular weight excluding hydrogens is 554 g/mol. The molecule has 0 unspecified atom stereocenters. The second-order valence-corrected chi connectivity index (χ2v) is 14.0. The summed E-state index contributed by atoms with van der Waals surface area (Å²) in [5, 5.41) is 7.09. The third-order valence-electron chi connectivity index (χ3n) is 7.33. The summed E-state index contributed by atoms with van der Waals surface area (Å²) in [6, 6.07) is 6.42. The zero-order valence-electron chi connectivity index (χ0n) is 22.9. The van der Waals surface area contributed by atoms with Gasteiger partial charge in [-0.25, -0.2) is 13.4 Å². The molecule has 40 heavy (non-hydrogen) atoms. The Labute approximate surface area is 238 Å². The number of hydrogen-bond donors (Lipinski definition) is 1. The maximum Gasteiger partial charge on any atom is 0.280 e. The van der Waals surface area contributed by atoms with Gasteiger partial charge in [0.15, 0.2) is 26.8 Å². The highest BCUT2D eigenvalue weighted by Gasteiger charge is 2.37. The van der Waals surface area contributed by atoms with Gasteiger partial charge in [-0.15, -0.1) is 11.3 Å². The van der Waals surface area contributed by atoms with Crippen LogP contribution in [-0.2, 0) is 35.5 Å². The highest BCUT2D eigenvalue weighted by atomic mass is 32.2. The molecule has 2 amide bonds. The fourth-order valence-electron chi connectivity index (χ4n) is 5.32. The third kappa shape index (κ3) is 6.54. The van der Waals surface area contributed by atoms with E-state index in [4.69, 9.17) is 9.57 Å². The van der Waals surface area contributed by atoms with E-state index < -0.39 is 15.7 Å². The molecule has 0 bridgehead atoms. The fraction of sp³-hybridized carbons (Fsp3) is 0.556. The van der Waals surface area contributed by atoms with Crippen molar-refractivity contribution in [3.8, 4) is 0 Å². The number of sulfone groups is 1. The molecule has 1 aromatic heterocycles. The molecule has 1 aromatic carbocycles. The van der Waals surface area contributed by atoms with Gasteiger partial charge in [0, 0.05) is 61.7 Å². The van der Waals surface area contributed by atoms with Crippen molar-refractivity contribution in [2.24, 2.45) is 5.16 Å². The molecule has 13 heteroatoms. The van der Waals surface area contributed by atoms with Crippen LogP contribution >= 0.6 is 11.3 Å². The highest BCUT2D eigenvalue weighted by molar-refractivity contribution is 7.92. The summed E-state index contributed by atoms with van der Waals surface area (Å²) in [4.78, 5) is 40.7. The third-order valence-corrected chi connectivity index (χ3v) is 10.5. The quantitative estimate of drug-likeness (QED) is 0.349. The van der Waals surface area contributed by atoms with Crippen LogP contribution in [0.5, 0.6) is 0 Å². The van der Waals surface area contributed by atoms with E-state index in [0.29, 0.717) is 49.7 Å². The summed E-state index contributed by atoms with van der Waals surface area (Å²) in [5.41, 5.74) is 0.469. The van der Waals surface area contributed by atoms with Gasteiger partial charge in [-0.2, -0.15) is 0 Å². The van der Waals surface area contributed by atoms with Crippen LogP contribution in [0.3, 0.4) is 0 Å². The van der Waals surface area contributed by atoms with Gasteiger partial charge < -0.3 is 14.5 Å². The van der Waals surface area contributed by atoms with Crippen LogP contribution in [-0.4, -0.2) is 90.5 Å². The summed E-state index contributed by atoms with van der Waals surface area (Å²) in [6.07, 6.45) is 3.52. The van der Waals surface area contributed by atoms with Crippen molar-refractivity contribution < 1.29 is 27.6 Å². The van der Waals surface area contributed by atoms with Crippen molar-refractivity contribution in [3.63, 3.8) is 0 Å². The number of ether oxygens (including phenoxy) is 1. The molecule has 3 atom stereocenters. The Kier molecular flexibility index (Phi) is 8.55. The van der Waals surface area contributed by atoms with Gasteiger partial charge >= 0.3 is 0 Å². The monoisotopic (exact) mass is 589 g/mol. The standard InChI is InChI=1S/C27H35N5O6S2/c1-17-13-31(14-18(2)32(17)19(3)33)15-22-12-28-27(39-22)29-26(34)25(30-38-21-10-11-37-16-21)20-4-6-23(7-5-20)40(35,36)24-8-9-24/h4-7,12,17-18,21,24H,8-11,13-16H2,1-3H3,(H,28,29,34)/b30-25+/t17-,18+,21-/m1/s1. The molecule has 11 nitrogen and oxygen atoms in total. The minimum atomic E-state index is -3.35. The van der Waals surface area contributed by atoms with E-state index in [1.165, 1.54) is 23.5 Å². The van der Waals surface area contributed by atoms with Gasteiger partial charge in [-0.1, -0.05) is 17.3 Å². The molecule has 2 aliphatic heterocycles. The number of carbonyl (C=O) groups excluding carboxylic acids is 2. The summed E-state index contributed by atoms with van der Waals surface area (Å²) in [7, 11) is -3.35. The summed E-state index contributed by atoms with van der Waals surface area (Å²) in [6.45, 7) is 8.85. The number of thiazole rings is 1. The molecule has 3 fully saturated rings. The number of nitrogens with zero attached hydrogens (tertiary/aromatic N) is 4.